The molecule has 1 aromatic heterocycles. The molecule has 13 nitrogen and oxygen atoms in total. The number of nitrogens with one attached hydrogen (secondary N) is 2. The summed E-state index contributed by atoms with van der Waals surface area (Å²) in [4.78, 5) is 55.0. The van der Waals surface area contributed by atoms with E-state index in [-0.39, 0.29) is 18.2 Å². The number of hydrogen-bond donors (Lipinski definition) is 3. The largest absolute Gasteiger partial charge is 0.490 e. The van der Waals surface area contributed by atoms with Crippen LogP contribution in [0.15, 0.2) is 54.9 Å². The second kappa shape index (κ2) is 15.6. The van der Waals surface area contributed by atoms with Gasteiger partial charge in [0.2, 0.25) is 17.8 Å². The Hall–Kier alpha value is -4.59. The van der Waals surface area contributed by atoms with Crippen LogP contribution in [0.5, 0.6) is 5.75 Å². The number of benzene rings is 2. The number of rotatable bonds is 10. The van der Waals surface area contributed by atoms with Crippen LogP contribution in [-0.4, -0.2) is 113 Å². The number of aromatic nitrogens is 2. The number of aliphatic hydroxyl groups is 1. The van der Waals surface area contributed by atoms with Crippen LogP contribution >= 0.6 is 0 Å². The summed E-state index contributed by atoms with van der Waals surface area (Å²) in [5.74, 6) is 1.07. The van der Waals surface area contributed by atoms with Crippen LogP contribution in [0.25, 0.3) is 0 Å². The highest BCUT2D eigenvalue weighted by Gasteiger charge is 2.41. The van der Waals surface area contributed by atoms with Crippen LogP contribution in [0, 0.1) is 5.92 Å². The molecule has 3 N–H and O–H groups in total. The number of anilines is 2. The molecular formula is C41H52N8O5. The Bertz CT molecular complexity index is 1810. The summed E-state index contributed by atoms with van der Waals surface area (Å²) < 4.78 is 5.99. The van der Waals surface area contributed by atoms with Crippen molar-refractivity contribution in [3.8, 4) is 5.75 Å². The van der Waals surface area contributed by atoms with E-state index in [1.807, 2.05) is 12.1 Å². The number of imide groups is 1. The number of ether oxygens (including phenoxy) is 1. The van der Waals surface area contributed by atoms with Gasteiger partial charge in [0, 0.05) is 63.0 Å². The summed E-state index contributed by atoms with van der Waals surface area (Å²) >= 11 is 0. The standard InChI is InChI=1S/C41H52N8O5/c1-46-16-10-29(11-17-46)27-54-34-23-42-40(43-24-34)44-32-12-18-48(19-13-32)33-5-2-28(3-6-33)25-47-20-14-41(53,15-21-47)31-4-7-35-30(22-31)26-49(39(35)52)36-8-9-37(50)45-38(36)51/h2-7,22-24,29,32,36,53H,8-21,25-27H2,1H3,(H,42,43,44)(H,45,50,51). The van der Waals surface area contributed by atoms with Crippen LogP contribution in [-0.2, 0) is 28.3 Å². The SMILES string of the molecule is CN1CCC(COc2cnc(NC3CCN(c4ccc(CN5CCC(O)(c6ccc7c(c6)CN(C6CCC(=O)NC6=O)C7=O)CC5)cc4)CC3)nc2)CC1. The smallest absolute Gasteiger partial charge is 0.255 e. The molecule has 5 aliphatic heterocycles. The predicted octanol–water partition coefficient (Wildman–Crippen LogP) is 3.52. The van der Waals surface area contributed by atoms with Gasteiger partial charge in [-0.25, -0.2) is 9.97 Å². The van der Waals surface area contributed by atoms with Crippen LogP contribution < -0.4 is 20.3 Å². The van der Waals surface area contributed by atoms with Crippen molar-refractivity contribution in [2.24, 2.45) is 5.92 Å². The molecular weight excluding hydrogens is 685 g/mol. The van der Waals surface area contributed by atoms with E-state index in [1.54, 1.807) is 23.4 Å². The zero-order valence-corrected chi connectivity index (χ0v) is 31.2. The molecule has 1 atom stereocenters. The van der Waals surface area contributed by atoms with Crippen molar-refractivity contribution >= 4 is 29.4 Å². The van der Waals surface area contributed by atoms with Crippen LogP contribution in [0.4, 0.5) is 11.6 Å². The average Bonchev–Trinajstić information content (AvgIpc) is 3.51. The van der Waals surface area contributed by atoms with E-state index in [1.165, 1.54) is 24.1 Å². The number of fused-ring (bicyclic) bond motifs is 1. The monoisotopic (exact) mass is 736 g/mol. The molecule has 6 heterocycles. The number of nitrogens with zero attached hydrogens (tertiary/aromatic N) is 6. The minimum atomic E-state index is -0.975. The minimum Gasteiger partial charge on any atom is -0.490 e. The predicted molar refractivity (Wildman–Crippen MR) is 204 cm³/mol. The molecule has 13 heteroatoms. The van der Waals surface area contributed by atoms with Crippen LogP contribution in [0.1, 0.15) is 78.4 Å². The van der Waals surface area contributed by atoms with Gasteiger partial charge in [0.25, 0.3) is 5.91 Å². The van der Waals surface area contributed by atoms with Gasteiger partial charge in [-0.2, -0.15) is 0 Å². The third-order valence-corrected chi connectivity index (χ3v) is 12.2. The third kappa shape index (κ3) is 8.08. The van der Waals surface area contributed by atoms with E-state index in [0.29, 0.717) is 49.3 Å². The van der Waals surface area contributed by atoms with Gasteiger partial charge in [0.1, 0.15) is 6.04 Å². The zero-order valence-electron chi connectivity index (χ0n) is 31.2. The maximum atomic E-state index is 13.1. The Morgan fingerprint density at radius 1 is 0.907 bits per heavy atom. The molecule has 2 aromatic carbocycles. The van der Waals surface area contributed by atoms with Gasteiger partial charge in [-0.15, -0.1) is 0 Å². The maximum absolute atomic E-state index is 13.1. The van der Waals surface area contributed by atoms with E-state index < -0.39 is 17.6 Å². The molecule has 0 aliphatic carbocycles. The quantitative estimate of drug-likeness (QED) is 0.263. The number of carbonyl (C=O) groups excluding carboxylic acids is 3. The molecule has 1 unspecified atom stereocenters. The zero-order chi connectivity index (χ0) is 37.2. The van der Waals surface area contributed by atoms with Crippen molar-refractivity contribution in [2.75, 3.05) is 63.1 Å². The van der Waals surface area contributed by atoms with E-state index in [0.717, 1.165) is 82.1 Å². The second-order valence-corrected chi connectivity index (χ2v) is 16.0. The highest BCUT2D eigenvalue weighted by Crippen LogP contribution is 2.37. The fourth-order valence-corrected chi connectivity index (χ4v) is 8.68. The van der Waals surface area contributed by atoms with Gasteiger partial charge in [-0.1, -0.05) is 24.3 Å². The molecule has 0 saturated carbocycles. The molecule has 0 bridgehead atoms. The molecule has 0 spiro atoms. The highest BCUT2D eigenvalue weighted by molar-refractivity contribution is 6.05. The van der Waals surface area contributed by atoms with Gasteiger partial charge < -0.3 is 29.9 Å². The Balaban J connectivity index is 0.772. The number of likely N-dealkylation sites (tertiary alicyclic amines) is 2. The molecule has 5 aliphatic rings. The van der Waals surface area contributed by atoms with Gasteiger partial charge >= 0.3 is 0 Å². The topological polar surface area (TPSA) is 143 Å². The number of carbonyl (C=O) groups is 3. The van der Waals surface area contributed by atoms with Crippen molar-refractivity contribution in [1.82, 2.24) is 30.0 Å². The van der Waals surface area contributed by atoms with Crippen LogP contribution in [0.2, 0.25) is 0 Å². The summed E-state index contributed by atoms with van der Waals surface area (Å²) in [5, 5.41) is 17.6. The number of amides is 3. The molecule has 8 rings (SSSR count). The molecule has 4 fully saturated rings. The second-order valence-electron chi connectivity index (χ2n) is 16.0. The fourth-order valence-electron chi connectivity index (χ4n) is 8.68. The van der Waals surface area contributed by atoms with Gasteiger partial charge in [-0.05, 0) is 106 Å². The summed E-state index contributed by atoms with van der Waals surface area (Å²) in [6, 6.07) is 14.1. The average molecular weight is 737 g/mol. The van der Waals surface area contributed by atoms with Crippen molar-refractivity contribution in [3.63, 3.8) is 0 Å². The first-order chi connectivity index (χ1) is 26.2. The lowest BCUT2D eigenvalue weighted by Gasteiger charge is -2.39. The van der Waals surface area contributed by atoms with Gasteiger partial charge in [0.05, 0.1) is 24.6 Å². The van der Waals surface area contributed by atoms with Crippen molar-refractivity contribution in [2.45, 2.75) is 82.1 Å². The van der Waals surface area contributed by atoms with Crippen molar-refractivity contribution in [3.05, 3.63) is 77.1 Å². The first kappa shape index (κ1) is 36.4. The fraction of sp³-hybridized carbons (Fsp3) is 0.537. The molecule has 286 valence electrons. The molecule has 3 aromatic rings. The summed E-state index contributed by atoms with van der Waals surface area (Å²) in [6.45, 7) is 7.57. The van der Waals surface area contributed by atoms with Gasteiger partial charge in [-0.3, -0.25) is 24.6 Å². The molecule has 4 saturated heterocycles. The first-order valence-corrected chi connectivity index (χ1v) is 19.7. The third-order valence-electron chi connectivity index (χ3n) is 12.2. The van der Waals surface area contributed by atoms with E-state index in [4.69, 9.17) is 4.74 Å². The van der Waals surface area contributed by atoms with E-state index in [9.17, 15) is 19.5 Å². The Morgan fingerprint density at radius 2 is 1.63 bits per heavy atom. The molecule has 0 radical (unpaired) electrons. The molecule has 3 amide bonds. The Morgan fingerprint density at radius 3 is 2.33 bits per heavy atom. The lowest BCUT2D eigenvalue weighted by molar-refractivity contribution is -0.136. The summed E-state index contributed by atoms with van der Waals surface area (Å²) in [7, 11) is 2.17. The number of hydrogen-bond acceptors (Lipinski definition) is 11. The Kier molecular flexibility index (Phi) is 10.5. The molecule has 54 heavy (non-hydrogen) atoms. The Labute approximate surface area is 317 Å². The maximum Gasteiger partial charge on any atom is 0.255 e. The lowest BCUT2D eigenvalue weighted by atomic mass is 9.83. The van der Waals surface area contributed by atoms with Crippen LogP contribution in [0.3, 0.4) is 0 Å². The van der Waals surface area contributed by atoms with E-state index >= 15 is 0 Å². The van der Waals surface area contributed by atoms with Crippen molar-refractivity contribution in [1.29, 1.82) is 0 Å². The summed E-state index contributed by atoms with van der Waals surface area (Å²) in [5.41, 5.74) is 3.71. The van der Waals surface area contributed by atoms with Crippen molar-refractivity contribution < 1.29 is 24.2 Å². The highest BCUT2D eigenvalue weighted by atomic mass is 16.5. The van der Waals surface area contributed by atoms with Gasteiger partial charge in [0.15, 0.2) is 5.75 Å². The summed E-state index contributed by atoms with van der Waals surface area (Å²) in [6.07, 6.45) is 9.68. The van der Waals surface area contributed by atoms with E-state index in [2.05, 4.69) is 66.6 Å². The normalized spacial score (nSPS) is 23.0. The lowest BCUT2D eigenvalue weighted by Crippen LogP contribution is -2.52. The number of piperidine rings is 4. The minimum absolute atomic E-state index is 0.197. The first-order valence-electron chi connectivity index (χ1n) is 19.7.